The molecule has 0 fully saturated rings. The highest BCUT2D eigenvalue weighted by atomic mass is 35.5. The number of rotatable bonds is 5. The van der Waals surface area contributed by atoms with Gasteiger partial charge in [-0.25, -0.2) is 0 Å². The van der Waals surface area contributed by atoms with Gasteiger partial charge in [-0.15, -0.1) is 0 Å². The van der Waals surface area contributed by atoms with Crippen molar-refractivity contribution >= 4 is 17.4 Å². The van der Waals surface area contributed by atoms with Crippen molar-refractivity contribution in [3.8, 4) is 5.75 Å². The van der Waals surface area contributed by atoms with Crippen molar-refractivity contribution in [2.45, 2.75) is 13.3 Å². The molecule has 0 saturated carbocycles. The molecular weight excluding hydrogens is 252 g/mol. The van der Waals surface area contributed by atoms with Crippen LogP contribution in [-0.4, -0.2) is 12.4 Å². The highest BCUT2D eigenvalue weighted by Gasteiger charge is 2.13. The minimum Gasteiger partial charge on any atom is -0.494 e. The lowest BCUT2D eigenvalue weighted by atomic mass is 10.1. The molecule has 2 aromatic rings. The van der Waals surface area contributed by atoms with Crippen LogP contribution in [0.1, 0.15) is 29.5 Å². The van der Waals surface area contributed by atoms with Crippen LogP contribution in [0, 0.1) is 0 Å². The average Bonchev–Trinajstić information content (AvgIpc) is 2.83. The quantitative estimate of drug-likeness (QED) is 0.768. The molecule has 2 rings (SSSR count). The van der Waals surface area contributed by atoms with E-state index in [9.17, 15) is 4.79 Å². The molecule has 0 aliphatic carbocycles. The molecule has 0 radical (unpaired) electrons. The number of hydrogen-bond acceptors (Lipinski definition) is 3. The van der Waals surface area contributed by atoms with E-state index < -0.39 is 0 Å². The molecule has 0 spiro atoms. The second-order valence-electron chi connectivity index (χ2n) is 3.81. The highest BCUT2D eigenvalue weighted by Crippen LogP contribution is 2.19. The lowest BCUT2D eigenvalue weighted by molar-refractivity contribution is 0.101. The van der Waals surface area contributed by atoms with Crippen molar-refractivity contribution in [1.82, 2.24) is 0 Å². The summed E-state index contributed by atoms with van der Waals surface area (Å²) in [5.74, 6) is 0.803. The van der Waals surface area contributed by atoms with Gasteiger partial charge in [-0.2, -0.15) is 0 Å². The fraction of sp³-hybridized carbons (Fsp3) is 0.214. The number of hydrogen-bond donors (Lipinski definition) is 0. The minimum absolute atomic E-state index is 0.191. The Labute approximate surface area is 110 Å². The zero-order valence-electron chi connectivity index (χ0n) is 9.98. The SMILES string of the molecule is CCCOc1ccc(C(=O)c2ccc(Cl)o2)cc1. The largest absolute Gasteiger partial charge is 0.494 e. The Morgan fingerprint density at radius 2 is 1.94 bits per heavy atom. The zero-order valence-corrected chi connectivity index (χ0v) is 10.7. The first-order valence-electron chi connectivity index (χ1n) is 5.73. The maximum atomic E-state index is 12.0. The van der Waals surface area contributed by atoms with Crippen LogP contribution < -0.4 is 4.74 Å². The number of halogens is 1. The molecule has 0 N–H and O–H groups in total. The smallest absolute Gasteiger partial charge is 0.228 e. The summed E-state index contributed by atoms with van der Waals surface area (Å²) in [7, 11) is 0. The first-order chi connectivity index (χ1) is 8.70. The van der Waals surface area contributed by atoms with E-state index in [2.05, 4.69) is 0 Å². The predicted octanol–water partition coefficient (Wildman–Crippen LogP) is 3.95. The lowest BCUT2D eigenvalue weighted by Gasteiger charge is -2.04. The summed E-state index contributed by atoms with van der Waals surface area (Å²) in [6.07, 6.45) is 0.950. The van der Waals surface area contributed by atoms with Crippen LogP contribution in [0.5, 0.6) is 5.75 Å². The molecule has 0 saturated heterocycles. The summed E-state index contributed by atoms with van der Waals surface area (Å²) in [5, 5.41) is 0.209. The van der Waals surface area contributed by atoms with Crippen molar-refractivity contribution in [2.24, 2.45) is 0 Å². The van der Waals surface area contributed by atoms with Gasteiger partial charge < -0.3 is 9.15 Å². The molecule has 0 aliphatic rings. The average molecular weight is 265 g/mol. The van der Waals surface area contributed by atoms with Gasteiger partial charge in [0.15, 0.2) is 11.0 Å². The number of carbonyl (C=O) groups is 1. The Morgan fingerprint density at radius 3 is 2.50 bits per heavy atom. The molecule has 1 heterocycles. The molecule has 0 amide bonds. The van der Waals surface area contributed by atoms with Gasteiger partial charge in [-0.05, 0) is 54.4 Å². The molecular formula is C14H13ClO3. The molecule has 1 aromatic carbocycles. The fourth-order valence-corrected chi connectivity index (χ4v) is 1.65. The standard InChI is InChI=1S/C14H13ClO3/c1-2-9-17-11-5-3-10(4-6-11)14(16)12-7-8-13(15)18-12/h3-8H,2,9H2,1H3. The molecule has 1 aromatic heterocycles. The van der Waals surface area contributed by atoms with Crippen LogP contribution >= 0.6 is 11.6 Å². The van der Waals surface area contributed by atoms with Crippen LogP contribution in [0.2, 0.25) is 5.22 Å². The van der Waals surface area contributed by atoms with Gasteiger partial charge in [0, 0.05) is 5.56 Å². The molecule has 94 valence electrons. The van der Waals surface area contributed by atoms with Crippen LogP contribution in [0.4, 0.5) is 0 Å². The van der Waals surface area contributed by atoms with Crippen LogP contribution in [0.25, 0.3) is 0 Å². The van der Waals surface area contributed by atoms with E-state index in [1.54, 1.807) is 36.4 Å². The summed E-state index contributed by atoms with van der Waals surface area (Å²) < 4.78 is 10.5. The Balaban J connectivity index is 2.12. The second-order valence-corrected chi connectivity index (χ2v) is 4.18. The molecule has 0 aliphatic heterocycles. The minimum atomic E-state index is -0.191. The zero-order chi connectivity index (χ0) is 13.0. The van der Waals surface area contributed by atoms with E-state index in [0.29, 0.717) is 12.2 Å². The number of ketones is 1. The topological polar surface area (TPSA) is 39.4 Å². The van der Waals surface area contributed by atoms with Gasteiger partial charge in [0.05, 0.1) is 6.61 Å². The van der Waals surface area contributed by atoms with Gasteiger partial charge in [-0.1, -0.05) is 6.92 Å². The molecule has 0 atom stereocenters. The highest BCUT2D eigenvalue weighted by molar-refractivity contribution is 6.29. The van der Waals surface area contributed by atoms with Crippen molar-refractivity contribution in [3.63, 3.8) is 0 Å². The molecule has 3 nitrogen and oxygen atoms in total. The first-order valence-corrected chi connectivity index (χ1v) is 6.11. The van der Waals surface area contributed by atoms with E-state index in [1.807, 2.05) is 6.92 Å². The Bertz CT molecular complexity index is 528. The third-order valence-electron chi connectivity index (χ3n) is 2.39. The number of furan rings is 1. The van der Waals surface area contributed by atoms with E-state index >= 15 is 0 Å². The third-order valence-corrected chi connectivity index (χ3v) is 2.59. The van der Waals surface area contributed by atoms with E-state index in [1.165, 1.54) is 0 Å². The summed E-state index contributed by atoms with van der Waals surface area (Å²) >= 11 is 5.64. The fourth-order valence-electron chi connectivity index (χ4n) is 1.50. The summed E-state index contributed by atoms with van der Waals surface area (Å²) in [6, 6.07) is 10.1. The van der Waals surface area contributed by atoms with Gasteiger partial charge >= 0.3 is 0 Å². The Kier molecular flexibility index (Phi) is 4.05. The van der Waals surface area contributed by atoms with Crippen molar-refractivity contribution < 1.29 is 13.9 Å². The summed E-state index contributed by atoms with van der Waals surface area (Å²) in [6.45, 7) is 2.71. The van der Waals surface area contributed by atoms with Crippen molar-refractivity contribution in [1.29, 1.82) is 0 Å². The third kappa shape index (κ3) is 2.93. The maximum Gasteiger partial charge on any atom is 0.228 e. The van der Waals surface area contributed by atoms with E-state index in [4.69, 9.17) is 20.8 Å². The van der Waals surface area contributed by atoms with Gasteiger partial charge in [0.25, 0.3) is 0 Å². The van der Waals surface area contributed by atoms with Crippen molar-refractivity contribution in [2.75, 3.05) is 6.61 Å². The summed E-state index contributed by atoms with van der Waals surface area (Å²) in [5.41, 5.74) is 0.546. The molecule has 0 unspecified atom stereocenters. The first kappa shape index (κ1) is 12.7. The van der Waals surface area contributed by atoms with E-state index in [-0.39, 0.29) is 16.8 Å². The molecule has 0 bridgehead atoms. The second kappa shape index (κ2) is 5.74. The van der Waals surface area contributed by atoms with Gasteiger partial charge in [0.1, 0.15) is 5.75 Å². The molecule has 18 heavy (non-hydrogen) atoms. The monoisotopic (exact) mass is 264 g/mol. The number of ether oxygens (including phenoxy) is 1. The van der Waals surface area contributed by atoms with Gasteiger partial charge in [-0.3, -0.25) is 4.79 Å². The Morgan fingerprint density at radius 1 is 1.22 bits per heavy atom. The molecule has 4 heteroatoms. The van der Waals surface area contributed by atoms with Crippen molar-refractivity contribution in [3.05, 3.63) is 52.9 Å². The number of carbonyl (C=O) groups excluding carboxylic acids is 1. The normalized spacial score (nSPS) is 10.3. The van der Waals surface area contributed by atoms with Gasteiger partial charge in [0.2, 0.25) is 5.78 Å². The van der Waals surface area contributed by atoms with Crippen LogP contribution in [-0.2, 0) is 0 Å². The number of benzene rings is 1. The lowest BCUT2D eigenvalue weighted by Crippen LogP contribution is -2.00. The summed E-state index contributed by atoms with van der Waals surface area (Å²) in [4.78, 5) is 12.0. The van der Waals surface area contributed by atoms with Crippen LogP contribution in [0.3, 0.4) is 0 Å². The predicted molar refractivity (Wildman–Crippen MR) is 69.4 cm³/mol. The van der Waals surface area contributed by atoms with E-state index in [0.717, 1.165) is 12.2 Å². The Hall–Kier alpha value is -1.74. The maximum absolute atomic E-state index is 12.0. The van der Waals surface area contributed by atoms with Crippen LogP contribution in [0.15, 0.2) is 40.8 Å².